The standard InChI is InChI=1S/C12H16ClNO3/c1-9-3-4-10(11(7-9)16-2)17-6-5-14-12(15)8-13/h3-4,7H,5-6,8H2,1-2H3,(H,14,15). The van der Waals surface area contributed by atoms with Crippen LogP contribution in [0.4, 0.5) is 0 Å². The zero-order valence-electron chi connectivity index (χ0n) is 9.96. The van der Waals surface area contributed by atoms with E-state index in [0.29, 0.717) is 24.7 Å². The van der Waals surface area contributed by atoms with Gasteiger partial charge in [-0.3, -0.25) is 4.79 Å². The molecule has 0 heterocycles. The lowest BCUT2D eigenvalue weighted by Crippen LogP contribution is -2.28. The second-order valence-electron chi connectivity index (χ2n) is 3.49. The Morgan fingerprint density at radius 1 is 1.41 bits per heavy atom. The van der Waals surface area contributed by atoms with Crippen molar-refractivity contribution in [2.24, 2.45) is 0 Å². The summed E-state index contributed by atoms with van der Waals surface area (Å²) in [6, 6.07) is 5.68. The highest BCUT2D eigenvalue weighted by molar-refractivity contribution is 6.27. The van der Waals surface area contributed by atoms with Gasteiger partial charge in [0.2, 0.25) is 5.91 Å². The molecule has 1 aromatic carbocycles. The maximum absolute atomic E-state index is 10.9. The fourth-order valence-electron chi connectivity index (χ4n) is 1.29. The SMILES string of the molecule is COc1cc(C)ccc1OCCNC(=O)CCl. The molecule has 0 aliphatic heterocycles. The first-order valence-electron chi connectivity index (χ1n) is 5.27. The molecule has 0 aliphatic rings. The topological polar surface area (TPSA) is 47.6 Å². The minimum absolute atomic E-state index is 0.0339. The van der Waals surface area contributed by atoms with Crippen LogP contribution < -0.4 is 14.8 Å². The maximum Gasteiger partial charge on any atom is 0.235 e. The summed E-state index contributed by atoms with van der Waals surface area (Å²) < 4.78 is 10.7. The number of aryl methyl sites for hydroxylation is 1. The molecule has 0 saturated heterocycles. The van der Waals surface area contributed by atoms with Gasteiger partial charge in [0.15, 0.2) is 11.5 Å². The van der Waals surface area contributed by atoms with Gasteiger partial charge in [0.05, 0.1) is 13.7 Å². The maximum atomic E-state index is 10.9. The number of nitrogens with one attached hydrogen (secondary N) is 1. The first kappa shape index (κ1) is 13.6. The number of rotatable bonds is 6. The van der Waals surface area contributed by atoms with Gasteiger partial charge in [-0.25, -0.2) is 0 Å². The molecule has 94 valence electrons. The molecule has 0 radical (unpaired) electrons. The third-order valence-electron chi connectivity index (χ3n) is 2.12. The minimum atomic E-state index is -0.203. The van der Waals surface area contributed by atoms with Gasteiger partial charge in [-0.1, -0.05) is 6.07 Å². The molecule has 0 saturated carbocycles. The number of hydrogen-bond donors (Lipinski definition) is 1. The van der Waals surface area contributed by atoms with E-state index in [1.807, 2.05) is 25.1 Å². The van der Waals surface area contributed by atoms with Crippen molar-refractivity contribution in [3.8, 4) is 11.5 Å². The fraction of sp³-hybridized carbons (Fsp3) is 0.417. The van der Waals surface area contributed by atoms with Crippen LogP contribution in [-0.2, 0) is 4.79 Å². The van der Waals surface area contributed by atoms with Crippen LogP contribution >= 0.6 is 11.6 Å². The number of hydrogen-bond acceptors (Lipinski definition) is 3. The lowest BCUT2D eigenvalue weighted by molar-refractivity contribution is -0.118. The van der Waals surface area contributed by atoms with Gasteiger partial charge in [-0.2, -0.15) is 0 Å². The fourth-order valence-corrected chi connectivity index (χ4v) is 1.39. The second kappa shape index (κ2) is 7.01. The Morgan fingerprint density at radius 3 is 2.82 bits per heavy atom. The Morgan fingerprint density at radius 2 is 2.18 bits per heavy atom. The van der Waals surface area contributed by atoms with Crippen molar-refractivity contribution in [1.82, 2.24) is 5.32 Å². The lowest BCUT2D eigenvalue weighted by atomic mass is 10.2. The van der Waals surface area contributed by atoms with Gasteiger partial charge in [0, 0.05) is 0 Å². The third-order valence-corrected chi connectivity index (χ3v) is 2.37. The summed E-state index contributed by atoms with van der Waals surface area (Å²) in [6.45, 7) is 2.78. The van der Waals surface area contributed by atoms with Crippen molar-refractivity contribution >= 4 is 17.5 Å². The third kappa shape index (κ3) is 4.53. The molecule has 5 heteroatoms. The second-order valence-corrected chi connectivity index (χ2v) is 3.75. The predicted octanol–water partition coefficient (Wildman–Crippen LogP) is 1.74. The van der Waals surface area contributed by atoms with Crippen LogP contribution in [0.3, 0.4) is 0 Å². The van der Waals surface area contributed by atoms with Gasteiger partial charge in [-0.05, 0) is 24.6 Å². The van der Waals surface area contributed by atoms with Crippen LogP contribution in [0.1, 0.15) is 5.56 Å². The smallest absolute Gasteiger partial charge is 0.235 e. The van der Waals surface area contributed by atoms with E-state index in [4.69, 9.17) is 21.1 Å². The Balaban J connectivity index is 2.43. The largest absolute Gasteiger partial charge is 0.493 e. The zero-order valence-corrected chi connectivity index (χ0v) is 10.7. The summed E-state index contributed by atoms with van der Waals surface area (Å²) in [7, 11) is 1.59. The number of amides is 1. The van der Waals surface area contributed by atoms with Gasteiger partial charge >= 0.3 is 0 Å². The molecule has 0 bridgehead atoms. The summed E-state index contributed by atoms with van der Waals surface area (Å²) in [4.78, 5) is 10.9. The van der Waals surface area contributed by atoms with E-state index in [9.17, 15) is 4.79 Å². The summed E-state index contributed by atoms with van der Waals surface area (Å²) in [5, 5.41) is 2.61. The number of methoxy groups -OCH3 is 1. The van der Waals surface area contributed by atoms with E-state index in [1.165, 1.54) is 0 Å². The molecule has 0 fully saturated rings. The van der Waals surface area contributed by atoms with E-state index in [1.54, 1.807) is 7.11 Å². The number of ether oxygens (including phenoxy) is 2. The molecule has 17 heavy (non-hydrogen) atoms. The number of halogens is 1. The summed E-state index contributed by atoms with van der Waals surface area (Å²) in [5.41, 5.74) is 1.10. The number of benzene rings is 1. The van der Waals surface area contributed by atoms with Crippen molar-refractivity contribution in [3.05, 3.63) is 23.8 Å². The van der Waals surface area contributed by atoms with Crippen LogP contribution in [0.5, 0.6) is 11.5 Å². The number of carbonyl (C=O) groups is 1. The summed E-state index contributed by atoms with van der Waals surface area (Å²) in [5.74, 6) is 1.12. The van der Waals surface area contributed by atoms with Gasteiger partial charge in [0.1, 0.15) is 12.5 Å². The molecule has 1 rings (SSSR count). The zero-order chi connectivity index (χ0) is 12.7. The predicted molar refractivity (Wildman–Crippen MR) is 67.0 cm³/mol. The van der Waals surface area contributed by atoms with Crippen molar-refractivity contribution in [1.29, 1.82) is 0 Å². The molecule has 0 spiro atoms. The number of carbonyl (C=O) groups excluding carboxylic acids is 1. The molecule has 0 unspecified atom stereocenters. The molecule has 0 aromatic heterocycles. The molecule has 1 amide bonds. The first-order valence-corrected chi connectivity index (χ1v) is 5.81. The number of alkyl halides is 1. The van der Waals surface area contributed by atoms with Crippen molar-refractivity contribution in [2.75, 3.05) is 26.1 Å². The molecule has 0 atom stereocenters. The van der Waals surface area contributed by atoms with Crippen LogP contribution in [0.15, 0.2) is 18.2 Å². The van der Waals surface area contributed by atoms with Crippen LogP contribution in [-0.4, -0.2) is 32.0 Å². The highest BCUT2D eigenvalue weighted by Crippen LogP contribution is 2.27. The van der Waals surface area contributed by atoms with Crippen LogP contribution in [0, 0.1) is 6.92 Å². The van der Waals surface area contributed by atoms with Gasteiger partial charge in [-0.15, -0.1) is 11.6 Å². The molecular weight excluding hydrogens is 242 g/mol. The molecular formula is C12H16ClNO3. The Bertz CT molecular complexity index is 382. The highest BCUT2D eigenvalue weighted by Gasteiger charge is 2.04. The van der Waals surface area contributed by atoms with Gasteiger partial charge < -0.3 is 14.8 Å². The lowest BCUT2D eigenvalue weighted by Gasteiger charge is -2.11. The molecule has 1 N–H and O–H groups in total. The van der Waals surface area contributed by atoms with E-state index < -0.39 is 0 Å². The minimum Gasteiger partial charge on any atom is -0.493 e. The van der Waals surface area contributed by atoms with E-state index in [2.05, 4.69) is 5.32 Å². The molecule has 0 aliphatic carbocycles. The highest BCUT2D eigenvalue weighted by atomic mass is 35.5. The van der Waals surface area contributed by atoms with E-state index in [-0.39, 0.29) is 11.8 Å². The van der Waals surface area contributed by atoms with E-state index >= 15 is 0 Å². The monoisotopic (exact) mass is 257 g/mol. The summed E-state index contributed by atoms with van der Waals surface area (Å²) >= 11 is 5.34. The Kier molecular flexibility index (Phi) is 5.63. The van der Waals surface area contributed by atoms with E-state index in [0.717, 1.165) is 5.56 Å². The molecule has 4 nitrogen and oxygen atoms in total. The van der Waals surface area contributed by atoms with Crippen molar-refractivity contribution in [3.63, 3.8) is 0 Å². The van der Waals surface area contributed by atoms with Crippen molar-refractivity contribution in [2.45, 2.75) is 6.92 Å². The Hall–Kier alpha value is -1.42. The van der Waals surface area contributed by atoms with Crippen molar-refractivity contribution < 1.29 is 14.3 Å². The average molecular weight is 258 g/mol. The normalized spacial score (nSPS) is 9.82. The quantitative estimate of drug-likeness (QED) is 0.624. The average Bonchev–Trinajstić information content (AvgIpc) is 2.35. The Labute approximate surface area is 106 Å². The summed E-state index contributed by atoms with van der Waals surface area (Å²) in [6.07, 6.45) is 0. The van der Waals surface area contributed by atoms with Gasteiger partial charge in [0.25, 0.3) is 0 Å². The van der Waals surface area contributed by atoms with Crippen LogP contribution in [0.2, 0.25) is 0 Å². The molecule has 1 aromatic rings. The first-order chi connectivity index (χ1) is 8.17. The van der Waals surface area contributed by atoms with Crippen LogP contribution in [0.25, 0.3) is 0 Å².